The lowest BCUT2D eigenvalue weighted by Crippen LogP contribution is -2.40. The molecule has 0 radical (unpaired) electrons. The van der Waals surface area contributed by atoms with Gasteiger partial charge in [-0.1, -0.05) is 6.92 Å². The van der Waals surface area contributed by atoms with Crippen molar-refractivity contribution in [2.75, 3.05) is 13.7 Å². The summed E-state index contributed by atoms with van der Waals surface area (Å²) >= 11 is 1.71. The molecule has 1 aromatic rings. The molecule has 0 aliphatic heterocycles. The second-order valence-corrected chi connectivity index (χ2v) is 4.41. The molecular weight excluding hydrogens is 208 g/mol. The number of hydrogen-bond acceptors (Lipinski definition) is 4. The van der Waals surface area contributed by atoms with Crippen LogP contribution in [0.2, 0.25) is 0 Å². The van der Waals surface area contributed by atoms with Gasteiger partial charge in [0.2, 0.25) is 0 Å². The Hall–Kier alpha value is -0.450. The van der Waals surface area contributed by atoms with Gasteiger partial charge in [-0.3, -0.25) is 0 Å². The zero-order chi connectivity index (χ0) is 11.1. The van der Waals surface area contributed by atoms with Crippen molar-refractivity contribution < 1.29 is 4.74 Å². The molecule has 1 N–H and O–H groups in total. The van der Waals surface area contributed by atoms with Crippen LogP contribution in [0, 0.1) is 0 Å². The SMILES string of the molecule is CCOC(CC)C(Cc1nccs1)NC. The third kappa shape index (κ3) is 3.89. The topological polar surface area (TPSA) is 34.1 Å². The summed E-state index contributed by atoms with van der Waals surface area (Å²) in [7, 11) is 1.99. The summed E-state index contributed by atoms with van der Waals surface area (Å²) in [5.41, 5.74) is 0. The van der Waals surface area contributed by atoms with Gasteiger partial charge >= 0.3 is 0 Å². The molecule has 0 amide bonds. The van der Waals surface area contributed by atoms with Gasteiger partial charge in [0.05, 0.1) is 11.1 Å². The van der Waals surface area contributed by atoms with E-state index in [9.17, 15) is 0 Å². The van der Waals surface area contributed by atoms with Gasteiger partial charge in [0.25, 0.3) is 0 Å². The fourth-order valence-corrected chi connectivity index (χ4v) is 2.37. The van der Waals surface area contributed by atoms with Gasteiger partial charge in [0, 0.05) is 30.6 Å². The molecule has 0 spiro atoms. The van der Waals surface area contributed by atoms with E-state index >= 15 is 0 Å². The standard InChI is InChI=1S/C11H20N2OS/c1-4-10(14-5-2)9(12-3)8-11-13-6-7-15-11/h6-7,9-10,12H,4-5,8H2,1-3H3. The van der Waals surface area contributed by atoms with Gasteiger partial charge in [0.15, 0.2) is 0 Å². The zero-order valence-electron chi connectivity index (χ0n) is 9.69. The average molecular weight is 228 g/mol. The summed E-state index contributed by atoms with van der Waals surface area (Å²) in [6.07, 6.45) is 4.12. The van der Waals surface area contributed by atoms with Crippen molar-refractivity contribution in [1.82, 2.24) is 10.3 Å². The van der Waals surface area contributed by atoms with E-state index in [1.807, 2.05) is 25.5 Å². The van der Waals surface area contributed by atoms with Crippen LogP contribution in [0.1, 0.15) is 25.3 Å². The monoisotopic (exact) mass is 228 g/mol. The van der Waals surface area contributed by atoms with E-state index < -0.39 is 0 Å². The van der Waals surface area contributed by atoms with Gasteiger partial charge in [-0.15, -0.1) is 11.3 Å². The van der Waals surface area contributed by atoms with Crippen molar-refractivity contribution in [2.24, 2.45) is 0 Å². The first kappa shape index (κ1) is 12.6. The van der Waals surface area contributed by atoms with Crippen molar-refractivity contribution in [2.45, 2.75) is 38.8 Å². The van der Waals surface area contributed by atoms with E-state index in [1.165, 1.54) is 5.01 Å². The number of nitrogens with one attached hydrogen (secondary N) is 1. The molecule has 0 saturated heterocycles. The van der Waals surface area contributed by atoms with Gasteiger partial charge < -0.3 is 10.1 Å². The molecule has 15 heavy (non-hydrogen) atoms. The van der Waals surface area contributed by atoms with Crippen LogP contribution in [0.5, 0.6) is 0 Å². The Labute approximate surface area is 95.9 Å². The van der Waals surface area contributed by atoms with Crippen LogP contribution in [-0.4, -0.2) is 30.8 Å². The van der Waals surface area contributed by atoms with Crippen LogP contribution in [0.4, 0.5) is 0 Å². The highest BCUT2D eigenvalue weighted by molar-refractivity contribution is 7.09. The molecule has 0 aromatic carbocycles. The van der Waals surface area contributed by atoms with Crippen LogP contribution >= 0.6 is 11.3 Å². The predicted octanol–water partition coefficient (Wildman–Crippen LogP) is 2.09. The van der Waals surface area contributed by atoms with Gasteiger partial charge in [-0.2, -0.15) is 0 Å². The maximum Gasteiger partial charge on any atom is 0.0941 e. The fourth-order valence-electron chi connectivity index (χ4n) is 1.69. The summed E-state index contributed by atoms with van der Waals surface area (Å²) < 4.78 is 5.71. The molecule has 0 aliphatic rings. The lowest BCUT2D eigenvalue weighted by atomic mass is 10.1. The minimum absolute atomic E-state index is 0.281. The highest BCUT2D eigenvalue weighted by atomic mass is 32.1. The number of aromatic nitrogens is 1. The fraction of sp³-hybridized carbons (Fsp3) is 0.727. The summed E-state index contributed by atoms with van der Waals surface area (Å²) in [4.78, 5) is 4.30. The second-order valence-electron chi connectivity index (χ2n) is 3.43. The van der Waals surface area contributed by atoms with E-state index in [0.717, 1.165) is 19.4 Å². The normalized spacial score (nSPS) is 15.1. The van der Waals surface area contributed by atoms with Crippen LogP contribution in [-0.2, 0) is 11.2 Å². The van der Waals surface area contributed by atoms with Crippen molar-refractivity contribution in [3.63, 3.8) is 0 Å². The molecule has 3 nitrogen and oxygen atoms in total. The van der Waals surface area contributed by atoms with Crippen LogP contribution < -0.4 is 5.32 Å². The Balaban J connectivity index is 2.53. The molecule has 0 fully saturated rings. The third-order valence-corrected chi connectivity index (χ3v) is 3.28. The van der Waals surface area contributed by atoms with E-state index in [2.05, 4.69) is 17.2 Å². The first-order chi connectivity index (χ1) is 7.31. The summed E-state index contributed by atoms with van der Waals surface area (Å²) in [6, 6.07) is 0.362. The van der Waals surface area contributed by atoms with Crippen molar-refractivity contribution in [3.8, 4) is 0 Å². The van der Waals surface area contributed by atoms with Gasteiger partial charge in [-0.05, 0) is 20.4 Å². The molecule has 0 bridgehead atoms. The number of hydrogen-bond donors (Lipinski definition) is 1. The molecule has 0 aliphatic carbocycles. The average Bonchev–Trinajstić information content (AvgIpc) is 2.75. The highest BCUT2D eigenvalue weighted by Gasteiger charge is 2.19. The Morgan fingerprint density at radius 2 is 2.33 bits per heavy atom. The number of ether oxygens (including phenoxy) is 1. The third-order valence-electron chi connectivity index (χ3n) is 2.48. The number of thiazole rings is 1. The predicted molar refractivity (Wildman–Crippen MR) is 64.4 cm³/mol. The van der Waals surface area contributed by atoms with E-state index in [0.29, 0.717) is 6.04 Å². The molecular formula is C11H20N2OS. The highest BCUT2D eigenvalue weighted by Crippen LogP contribution is 2.13. The molecule has 1 rings (SSSR count). The number of likely N-dealkylation sites (N-methyl/N-ethyl adjacent to an activating group) is 1. The largest absolute Gasteiger partial charge is 0.377 e. The molecule has 0 saturated carbocycles. The first-order valence-corrected chi connectivity index (χ1v) is 6.37. The Morgan fingerprint density at radius 3 is 2.80 bits per heavy atom. The van der Waals surface area contributed by atoms with Crippen LogP contribution in [0.3, 0.4) is 0 Å². The molecule has 86 valence electrons. The lowest BCUT2D eigenvalue weighted by Gasteiger charge is -2.25. The first-order valence-electron chi connectivity index (χ1n) is 5.49. The van der Waals surface area contributed by atoms with Crippen molar-refractivity contribution >= 4 is 11.3 Å². The van der Waals surface area contributed by atoms with Gasteiger partial charge in [0.1, 0.15) is 0 Å². The Kier molecular flexibility index (Phi) is 5.83. The summed E-state index contributed by atoms with van der Waals surface area (Å²) in [5, 5.41) is 6.51. The Morgan fingerprint density at radius 1 is 1.53 bits per heavy atom. The molecule has 2 atom stereocenters. The van der Waals surface area contributed by atoms with Crippen molar-refractivity contribution in [1.29, 1.82) is 0 Å². The second kappa shape index (κ2) is 6.93. The molecule has 4 heteroatoms. The maximum absolute atomic E-state index is 5.71. The quantitative estimate of drug-likeness (QED) is 0.776. The minimum Gasteiger partial charge on any atom is -0.377 e. The van der Waals surface area contributed by atoms with Crippen LogP contribution in [0.15, 0.2) is 11.6 Å². The summed E-state index contributed by atoms with van der Waals surface area (Å²) in [6.45, 7) is 4.97. The smallest absolute Gasteiger partial charge is 0.0941 e. The minimum atomic E-state index is 0.281. The van der Waals surface area contributed by atoms with Gasteiger partial charge in [-0.25, -0.2) is 4.98 Å². The lowest BCUT2D eigenvalue weighted by molar-refractivity contribution is 0.0339. The zero-order valence-corrected chi connectivity index (χ0v) is 10.5. The number of rotatable bonds is 7. The molecule has 1 aromatic heterocycles. The van der Waals surface area contributed by atoms with Crippen molar-refractivity contribution in [3.05, 3.63) is 16.6 Å². The van der Waals surface area contributed by atoms with E-state index in [-0.39, 0.29) is 6.10 Å². The molecule has 1 heterocycles. The van der Waals surface area contributed by atoms with E-state index in [1.54, 1.807) is 11.3 Å². The maximum atomic E-state index is 5.71. The van der Waals surface area contributed by atoms with Crippen LogP contribution in [0.25, 0.3) is 0 Å². The summed E-state index contributed by atoms with van der Waals surface area (Å²) in [5.74, 6) is 0. The molecule has 2 unspecified atom stereocenters. The Bertz CT molecular complexity index is 251. The number of nitrogens with zero attached hydrogens (tertiary/aromatic N) is 1. The van der Waals surface area contributed by atoms with E-state index in [4.69, 9.17) is 4.74 Å².